The van der Waals surface area contributed by atoms with Crippen molar-refractivity contribution in [2.45, 2.75) is 11.3 Å². The van der Waals surface area contributed by atoms with Crippen molar-refractivity contribution in [1.29, 1.82) is 0 Å². The van der Waals surface area contributed by atoms with Crippen LogP contribution in [0.15, 0.2) is 23.1 Å². The Morgan fingerprint density at radius 1 is 1.40 bits per heavy atom. The summed E-state index contributed by atoms with van der Waals surface area (Å²) in [7, 11) is 0. The number of nitrogens with one attached hydrogen (secondary N) is 1. The second kappa shape index (κ2) is 4.06. The van der Waals surface area contributed by atoms with Gasteiger partial charge in [0.15, 0.2) is 0 Å². The molecule has 0 saturated carbocycles. The maximum Gasteiger partial charge on any atom is 0.133 e. The first kappa shape index (κ1) is 9.55. The standard InChI is InChI=1S/C12H15NOS/c1-2-10-4-5-15-12(10)11(3-1)14-8-9-6-13-7-9/h1-3,9,13H,4-8H2. The molecule has 2 aliphatic rings. The van der Waals surface area contributed by atoms with Crippen LogP contribution in [0.3, 0.4) is 0 Å². The molecule has 2 nitrogen and oxygen atoms in total. The van der Waals surface area contributed by atoms with Gasteiger partial charge >= 0.3 is 0 Å². The van der Waals surface area contributed by atoms with Crippen LogP contribution in [0, 0.1) is 5.92 Å². The zero-order valence-electron chi connectivity index (χ0n) is 8.66. The summed E-state index contributed by atoms with van der Waals surface area (Å²) in [5.41, 5.74) is 1.46. The van der Waals surface area contributed by atoms with Gasteiger partial charge in [0.2, 0.25) is 0 Å². The first-order valence-corrected chi connectivity index (χ1v) is 6.50. The quantitative estimate of drug-likeness (QED) is 0.842. The molecule has 1 aromatic rings. The third-order valence-corrected chi connectivity index (χ3v) is 4.18. The SMILES string of the molecule is c1cc2c(c(OCC3CNC3)c1)SCC2. The summed E-state index contributed by atoms with van der Waals surface area (Å²) in [6, 6.07) is 6.43. The summed E-state index contributed by atoms with van der Waals surface area (Å²) in [6.07, 6.45) is 1.20. The van der Waals surface area contributed by atoms with Gasteiger partial charge in [0.05, 0.1) is 11.5 Å². The molecule has 0 unspecified atom stereocenters. The van der Waals surface area contributed by atoms with Gasteiger partial charge in [0.25, 0.3) is 0 Å². The molecule has 15 heavy (non-hydrogen) atoms. The van der Waals surface area contributed by atoms with Crippen molar-refractivity contribution in [2.24, 2.45) is 5.92 Å². The van der Waals surface area contributed by atoms with E-state index in [4.69, 9.17) is 4.74 Å². The Labute approximate surface area is 94.4 Å². The summed E-state index contributed by atoms with van der Waals surface area (Å²) in [5.74, 6) is 3.02. The Bertz CT molecular complexity index is 363. The average Bonchev–Trinajstić information content (AvgIpc) is 2.63. The lowest BCUT2D eigenvalue weighted by atomic mass is 10.1. The van der Waals surface area contributed by atoms with Gasteiger partial charge in [-0.2, -0.15) is 0 Å². The predicted molar refractivity (Wildman–Crippen MR) is 62.7 cm³/mol. The molecule has 80 valence electrons. The first-order chi connectivity index (χ1) is 7.43. The summed E-state index contributed by atoms with van der Waals surface area (Å²) < 4.78 is 5.89. The number of hydrogen-bond donors (Lipinski definition) is 1. The van der Waals surface area contributed by atoms with Gasteiger partial charge in [-0.25, -0.2) is 0 Å². The first-order valence-electron chi connectivity index (χ1n) is 5.52. The van der Waals surface area contributed by atoms with E-state index in [1.165, 1.54) is 22.6 Å². The van der Waals surface area contributed by atoms with Crippen molar-refractivity contribution >= 4 is 11.8 Å². The Morgan fingerprint density at radius 3 is 3.13 bits per heavy atom. The largest absolute Gasteiger partial charge is 0.492 e. The topological polar surface area (TPSA) is 21.3 Å². The maximum atomic E-state index is 5.89. The van der Waals surface area contributed by atoms with E-state index in [2.05, 4.69) is 23.5 Å². The van der Waals surface area contributed by atoms with Crippen LogP contribution in [0.5, 0.6) is 5.75 Å². The summed E-state index contributed by atoms with van der Waals surface area (Å²) in [4.78, 5) is 1.38. The lowest BCUT2D eigenvalue weighted by Crippen LogP contribution is -2.45. The van der Waals surface area contributed by atoms with Gasteiger partial charge in [-0.05, 0) is 18.1 Å². The molecular formula is C12H15NOS. The van der Waals surface area contributed by atoms with Crippen molar-refractivity contribution in [1.82, 2.24) is 5.32 Å². The Kier molecular flexibility index (Phi) is 2.59. The Morgan fingerprint density at radius 2 is 2.33 bits per heavy atom. The third kappa shape index (κ3) is 1.86. The number of benzene rings is 1. The molecule has 3 heteroatoms. The van der Waals surface area contributed by atoms with E-state index in [0.717, 1.165) is 25.4 Å². The van der Waals surface area contributed by atoms with E-state index in [-0.39, 0.29) is 0 Å². The number of rotatable bonds is 3. The highest BCUT2D eigenvalue weighted by atomic mass is 32.2. The Balaban J connectivity index is 1.71. The maximum absolute atomic E-state index is 5.89. The molecule has 2 heterocycles. The minimum Gasteiger partial charge on any atom is -0.492 e. The summed E-state index contributed by atoms with van der Waals surface area (Å²) in [6.45, 7) is 3.09. The van der Waals surface area contributed by atoms with Crippen molar-refractivity contribution in [2.75, 3.05) is 25.4 Å². The van der Waals surface area contributed by atoms with Crippen molar-refractivity contribution in [3.8, 4) is 5.75 Å². The molecule has 0 bridgehead atoms. The van der Waals surface area contributed by atoms with Crippen LogP contribution in [0.2, 0.25) is 0 Å². The van der Waals surface area contributed by atoms with Crippen LogP contribution < -0.4 is 10.1 Å². The van der Waals surface area contributed by atoms with E-state index in [1.807, 2.05) is 11.8 Å². The highest BCUT2D eigenvalue weighted by Gasteiger charge is 2.20. The van der Waals surface area contributed by atoms with Crippen LogP contribution >= 0.6 is 11.8 Å². The van der Waals surface area contributed by atoms with Crippen molar-refractivity contribution in [3.05, 3.63) is 23.8 Å². The fourth-order valence-electron chi connectivity index (χ4n) is 1.97. The van der Waals surface area contributed by atoms with Crippen LogP contribution in [0.1, 0.15) is 5.56 Å². The molecule has 0 aromatic heterocycles. The lowest BCUT2D eigenvalue weighted by molar-refractivity contribution is 0.195. The lowest BCUT2D eigenvalue weighted by Gasteiger charge is -2.27. The van der Waals surface area contributed by atoms with E-state index in [1.54, 1.807) is 0 Å². The molecule has 1 aromatic carbocycles. The number of ether oxygens (including phenoxy) is 1. The molecule has 3 rings (SSSR count). The molecule has 1 N–H and O–H groups in total. The van der Waals surface area contributed by atoms with Crippen molar-refractivity contribution in [3.63, 3.8) is 0 Å². The van der Waals surface area contributed by atoms with Gasteiger partial charge in [-0.15, -0.1) is 11.8 Å². The zero-order chi connectivity index (χ0) is 10.1. The zero-order valence-corrected chi connectivity index (χ0v) is 9.48. The van der Waals surface area contributed by atoms with E-state index in [9.17, 15) is 0 Å². The summed E-state index contributed by atoms with van der Waals surface area (Å²) in [5, 5.41) is 3.26. The van der Waals surface area contributed by atoms with E-state index in [0.29, 0.717) is 5.92 Å². The monoisotopic (exact) mass is 221 g/mol. The fraction of sp³-hybridized carbons (Fsp3) is 0.500. The molecule has 0 spiro atoms. The van der Waals surface area contributed by atoms with Gasteiger partial charge in [0, 0.05) is 24.8 Å². The highest BCUT2D eigenvalue weighted by molar-refractivity contribution is 7.99. The third-order valence-electron chi connectivity index (χ3n) is 3.02. The normalized spacial score (nSPS) is 19.7. The summed E-state index contributed by atoms with van der Waals surface area (Å²) >= 11 is 1.93. The smallest absolute Gasteiger partial charge is 0.133 e. The average molecular weight is 221 g/mol. The minimum atomic E-state index is 0.715. The van der Waals surface area contributed by atoms with Crippen LogP contribution in [0.25, 0.3) is 0 Å². The number of fused-ring (bicyclic) bond motifs is 1. The molecule has 0 radical (unpaired) electrons. The fourth-order valence-corrected chi connectivity index (χ4v) is 3.12. The molecule has 2 aliphatic heterocycles. The molecule has 0 amide bonds. The van der Waals surface area contributed by atoms with Crippen LogP contribution in [-0.2, 0) is 6.42 Å². The number of thioether (sulfide) groups is 1. The molecule has 1 fully saturated rings. The van der Waals surface area contributed by atoms with Crippen molar-refractivity contribution < 1.29 is 4.74 Å². The molecule has 0 aliphatic carbocycles. The molecule has 1 saturated heterocycles. The molecule has 0 atom stereocenters. The molecular weight excluding hydrogens is 206 g/mol. The van der Waals surface area contributed by atoms with Crippen LogP contribution in [-0.4, -0.2) is 25.4 Å². The second-order valence-corrected chi connectivity index (χ2v) is 5.28. The van der Waals surface area contributed by atoms with E-state index >= 15 is 0 Å². The van der Waals surface area contributed by atoms with Gasteiger partial charge in [-0.3, -0.25) is 0 Å². The van der Waals surface area contributed by atoms with E-state index < -0.39 is 0 Å². The predicted octanol–water partition coefficient (Wildman–Crippen LogP) is 1.93. The minimum absolute atomic E-state index is 0.715. The number of hydrogen-bond acceptors (Lipinski definition) is 3. The van der Waals surface area contributed by atoms with Crippen LogP contribution in [0.4, 0.5) is 0 Å². The van der Waals surface area contributed by atoms with Gasteiger partial charge in [0.1, 0.15) is 5.75 Å². The Hall–Kier alpha value is -0.670. The number of aryl methyl sites for hydroxylation is 1. The highest BCUT2D eigenvalue weighted by Crippen LogP contribution is 2.38. The van der Waals surface area contributed by atoms with Gasteiger partial charge in [-0.1, -0.05) is 12.1 Å². The second-order valence-electron chi connectivity index (χ2n) is 4.18. The van der Waals surface area contributed by atoms with Gasteiger partial charge < -0.3 is 10.1 Å².